The Balaban J connectivity index is 2.05. The van der Waals surface area contributed by atoms with Crippen LogP contribution in [0.5, 0.6) is 11.5 Å². The monoisotopic (exact) mass is 250 g/mol. The second kappa shape index (κ2) is 5.02. The van der Waals surface area contributed by atoms with Crippen LogP contribution in [0.15, 0.2) is 71.3 Å². The van der Waals surface area contributed by atoms with Crippen molar-refractivity contribution in [2.75, 3.05) is 0 Å². The van der Waals surface area contributed by atoms with E-state index >= 15 is 0 Å². The predicted molar refractivity (Wildman–Crippen MR) is 75.4 cm³/mol. The molecule has 0 amide bonds. The third kappa shape index (κ3) is 2.38. The van der Waals surface area contributed by atoms with E-state index in [1.807, 2.05) is 67.6 Å². The van der Waals surface area contributed by atoms with Crippen molar-refractivity contribution in [1.82, 2.24) is 0 Å². The van der Waals surface area contributed by atoms with Gasteiger partial charge in [0.25, 0.3) is 0 Å². The van der Waals surface area contributed by atoms with E-state index in [1.165, 1.54) is 0 Å². The molecule has 0 spiro atoms. The maximum atomic E-state index is 6.00. The number of hydrogen-bond donors (Lipinski definition) is 0. The van der Waals surface area contributed by atoms with Crippen molar-refractivity contribution in [3.8, 4) is 22.8 Å². The molecule has 19 heavy (non-hydrogen) atoms. The molecule has 2 heteroatoms. The third-order valence-corrected chi connectivity index (χ3v) is 2.96. The molecule has 0 saturated heterocycles. The molecule has 0 radical (unpaired) electrons. The largest absolute Gasteiger partial charge is 0.464 e. The van der Waals surface area contributed by atoms with E-state index < -0.39 is 0 Å². The van der Waals surface area contributed by atoms with E-state index in [4.69, 9.17) is 9.15 Å². The summed E-state index contributed by atoms with van der Waals surface area (Å²) in [6.07, 6.45) is 1.67. The van der Waals surface area contributed by atoms with Gasteiger partial charge in [-0.3, -0.25) is 0 Å². The van der Waals surface area contributed by atoms with E-state index in [0.29, 0.717) is 0 Å². The van der Waals surface area contributed by atoms with Gasteiger partial charge in [-0.2, -0.15) is 0 Å². The van der Waals surface area contributed by atoms with Gasteiger partial charge < -0.3 is 9.15 Å². The fourth-order valence-electron chi connectivity index (χ4n) is 2.02. The Kier molecular flexibility index (Phi) is 3.07. The van der Waals surface area contributed by atoms with Crippen molar-refractivity contribution >= 4 is 0 Å². The average Bonchev–Trinajstić information content (AvgIpc) is 2.96. The first-order valence-corrected chi connectivity index (χ1v) is 6.21. The van der Waals surface area contributed by atoms with Crippen molar-refractivity contribution in [1.29, 1.82) is 0 Å². The maximum Gasteiger partial charge on any atom is 0.141 e. The molecule has 0 unspecified atom stereocenters. The van der Waals surface area contributed by atoms with Crippen molar-refractivity contribution in [2.24, 2.45) is 0 Å². The summed E-state index contributed by atoms with van der Waals surface area (Å²) in [7, 11) is 0. The van der Waals surface area contributed by atoms with E-state index in [2.05, 4.69) is 0 Å². The Labute approximate surface area is 112 Å². The van der Waals surface area contributed by atoms with Crippen LogP contribution in [0.1, 0.15) is 5.56 Å². The molecule has 0 fully saturated rings. The standard InChI is InChI=1S/C17H14O2/c1-13-7-5-10-15(16-11-6-12-18-16)17(13)19-14-8-3-2-4-9-14/h2-12H,1H3. The maximum absolute atomic E-state index is 6.00. The fourth-order valence-corrected chi connectivity index (χ4v) is 2.02. The first kappa shape index (κ1) is 11.6. The van der Waals surface area contributed by atoms with Gasteiger partial charge in [0.1, 0.15) is 17.3 Å². The van der Waals surface area contributed by atoms with Crippen molar-refractivity contribution < 1.29 is 9.15 Å². The third-order valence-electron chi connectivity index (χ3n) is 2.96. The number of para-hydroxylation sites is 2. The summed E-state index contributed by atoms with van der Waals surface area (Å²) in [6, 6.07) is 19.6. The molecule has 1 heterocycles. The molecule has 1 aromatic heterocycles. The van der Waals surface area contributed by atoms with Gasteiger partial charge in [-0.15, -0.1) is 0 Å². The molecule has 2 nitrogen and oxygen atoms in total. The summed E-state index contributed by atoms with van der Waals surface area (Å²) in [5.41, 5.74) is 2.05. The van der Waals surface area contributed by atoms with Crippen LogP contribution < -0.4 is 4.74 Å². The summed E-state index contributed by atoms with van der Waals surface area (Å²) in [4.78, 5) is 0. The predicted octanol–water partition coefficient (Wildman–Crippen LogP) is 5.05. The number of rotatable bonds is 3. The summed E-state index contributed by atoms with van der Waals surface area (Å²) in [6.45, 7) is 2.03. The Morgan fingerprint density at radius 1 is 0.842 bits per heavy atom. The highest BCUT2D eigenvalue weighted by molar-refractivity contribution is 5.68. The minimum Gasteiger partial charge on any atom is -0.464 e. The second-order valence-electron chi connectivity index (χ2n) is 4.34. The minimum absolute atomic E-state index is 0.814. The van der Waals surface area contributed by atoms with E-state index in [0.717, 1.165) is 28.4 Å². The van der Waals surface area contributed by atoms with E-state index in [-0.39, 0.29) is 0 Å². The van der Waals surface area contributed by atoms with Gasteiger partial charge in [0.15, 0.2) is 0 Å². The first-order valence-electron chi connectivity index (χ1n) is 6.21. The molecule has 0 aliphatic rings. The molecular formula is C17H14O2. The van der Waals surface area contributed by atoms with Gasteiger partial charge >= 0.3 is 0 Å². The molecule has 3 rings (SSSR count). The molecule has 2 aromatic carbocycles. The quantitative estimate of drug-likeness (QED) is 0.649. The SMILES string of the molecule is Cc1cccc(-c2ccco2)c1Oc1ccccc1. The number of furan rings is 1. The van der Waals surface area contributed by atoms with Gasteiger partial charge in [-0.05, 0) is 42.8 Å². The van der Waals surface area contributed by atoms with E-state index in [9.17, 15) is 0 Å². The molecule has 94 valence electrons. The molecule has 0 aliphatic carbocycles. The highest BCUT2D eigenvalue weighted by atomic mass is 16.5. The summed E-state index contributed by atoms with van der Waals surface area (Å²) in [5, 5.41) is 0. The van der Waals surface area contributed by atoms with Crippen LogP contribution in [-0.4, -0.2) is 0 Å². The Morgan fingerprint density at radius 3 is 2.42 bits per heavy atom. The van der Waals surface area contributed by atoms with Gasteiger partial charge in [0.2, 0.25) is 0 Å². The zero-order valence-corrected chi connectivity index (χ0v) is 10.7. The lowest BCUT2D eigenvalue weighted by molar-refractivity contribution is 0.477. The number of benzene rings is 2. The van der Waals surface area contributed by atoms with Crippen LogP contribution in [-0.2, 0) is 0 Å². The molecule has 0 saturated carbocycles. The van der Waals surface area contributed by atoms with Gasteiger partial charge in [0, 0.05) is 0 Å². The Morgan fingerprint density at radius 2 is 1.68 bits per heavy atom. The zero-order chi connectivity index (χ0) is 13.1. The first-order chi connectivity index (χ1) is 9.34. The lowest BCUT2D eigenvalue weighted by Gasteiger charge is -2.12. The van der Waals surface area contributed by atoms with Crippen molar-refractivity contribution in [3.05, 3.63) is 72.5 Å². The lowest BCUT2D eigenvalue weighted by atomic mass is 10.1. The summed E-state index contributed by atoms with van der Waals surface area (Å²) < 4.78 is 11.5. The summed E-state index contributed by atoms with van der Waals surface area (Å²) >= 11 is 0. The zero-order valence-electron chi connectivity index (χ0n) is 10.7. The van der Waals surface area contributed by atoms with E-state index in [1.54, 1.807) is 6.26 Å². The minimum atomic E-state index is 0.814. The number of aryl methyl sites for hydroxylation is 1. The van der Waals surface area contributed by atoms with Gasteiger partial charge in [-0.25, -0.2) is 0 Å². The topological polar surface area (TPSA) is 22.4 Å². The number of ether oxygens (including phenoxy) is 1. The molecule has 0 aliphatic heterocycles. The average molecular weight is 250 g/mol. The lowest BCUT2D eigenvalue weighted by Crippen LogP contribution is -1.90. The number of hydrogen-bond acceptors (Lipinski definition) is 2. The van der Waals surface area contributed by atoms with Crippen molar-refractivity contribution in [3.63, 3.8) is 0 Å². The van der Waals surface area contributed by atoms with Crippen LogP contribution in [0, 0.1) is 6.92 Å². The van der Waals surface area contributed by atoms with Crippen LogP contribution >= 0.6 is 0 Å². The van der Waals surface area contributed by atoms with Crippen molar-refractivity contribution in [2.45, 2.75) is 6.92 Å². The molecule has 0 atom stereocenters. The fraction of sp³-hybridized carbons (Fsp3) is 0.0588. The molecule has 3 aromatic rings. The van der Waals surface area contributed by atoms with Crippen LogP contribution in [0.2, 0.25) is 0 Å². The van der Waals surface area contributed by atoms with Gasteiger partial charge in [0.05, 0.1) is 11.8 Å². The van der Waals surface area contributed by atoms with Crippen LogP contribution in [0.4, 0.5) is 0 Å². The van der Waals surface area contributed by atoms with Crippen LogP contribution in [0.25, 0.3) is 11.3 Å². The molecule has 0 bridgehead atoms. The second-order valence-corrected chi connectivity index (χ2v) is 4.34. The smallest absolute Gasteiger partial charge is 0.141 e. The summed E-state index contributed by atoms with van der Waals surface area (Å²) in [5.74, 6) is 2.47. The highest BCUT2D eigenvalue weighted by Gasteiger charge is 2.12. The Hall–Kier alpha value is -2.48. The Bertz CT molecular complexity index is 655. The normalized spacial score (nSPS) is 10.4. The van der Waals surface area contributed by atoms with Crippen LogP contribution in [0.3, 0.4) is 0 Å². The molecule has 0 N–H and O–H groups in total. The van der Waals surface area contributed by atoms with Gasteiger partial charge in [-0.1, -0.05) is 30.3 Å². The highest BCUT2D eigenvalue weighted by Crippen LogP contribution is 2.36. The molecular weight excluding hydrogens is 236 g/mol.